The lowest BCUT2D eigenvalue weighted by Crippen LogP contribution is -2.20. The summed E-state index contributed by atoms with van der Waals surface area (Å²) in [5.74, 6) is 7.27. The third-order valence-electron chi connectivity index (χ3n) is 4.65. The van der Waals surface area contributed by atoms with Gasteiger partial charge >= 0.3 is 0 Å². The molecule has 152 valence electrons. The molecule has 0 spiro atoms. The first-order valence-electron chi connectivity index (χ1n) is 9.37. The van der Waals surface area contributed by atoms with E-state index in [0.29, 0.717) is 16.7 Å². The number of amides is 1. The third kappa shape index (κ3) is 4.08. The maximum Gasteiger partial charge on any atom is 0.242 e. The molecule has 3 N–H and O–H groups in total. The molecule has 8 heteroatoms. The Hall–Kier alpha value is -3.52. The summed E-state index contributed by atoms with van der Waals surface area (Å²) in [5, 5.41) is 11.3. The SMILES string of the molecule is Cc1ccc(NC(=O)C(Sc2nnc(-c3ccoc3C)n2N)c2ccccc2)cc1. The van der Waals surface area contributed by atoms with Gasteiger partial charge in [-0.1, -0.05) is 59.8 Å². The van der Waals surface area contributed by atoms with Crippen LogP contribution in [0.3, 0.4) is 0 Å². The van der Waals surface area contributed by atoms with Crippen LogP contribution in [0.15, 0.2) is 76.5 Å². The number of nitrogens with two attached hydrogens (primary N) is 1. The predicted octanol–water partition coefficient (Wildman–Crippen LogP) is 4.34. The summed E-state index contributed by atoms with van der Waals surface area (Å²) in [6, 6.07) is 19.0. The predicted molar refractivity (Wildman–Crippen MR) is 117 cm³/mol. The number of nitrogen functional groups attached to an aromatic ring is 1. The van der Waals surface area contributed by atoms with Crippen molar-refractivity contribution in [3.63, 3.8) is 0 Å². The molecule has 0 aliphatic carbocycles. The number of hydrogen-bond acceptors (Lipinski definition) is 6. The minimum absolute atomic E-state index is 0.168. The van der Waals surface area contributed by atoms with Gasteiger partial charge in [0.2, 0.25) is 11.1 Å². The molecule has 2 aromatic carbocycles. The van der Waals surface area contributed by atoms with E-state index >= 15 is 0 Å². The van der Waals surface area contributed by atoms with Crippen LogP contribution in [0.1, 0.15) is 22.1 Å². The average Bonchev–Trinajstić information content (AvgIpc) is 3.33. The fourth-order valence-electron chi connectivity index (χ4n) is 3.01. The Kier molecular flexibility index (Phi) is 5.58. The zero-order valence-electron chi connectivity index (χ0n) is 16.6. The summed E-state index contributed by atoms with van der Waals surface area (Å²) in [6.45, 7) is 3.83. The van der Waals surface area contributed by atoms with Gasteiger partial charge in [-0.25, -0.2) is 4.68 Å². The van der Waals surface area contributed by atoms with Crippen LogP contribution in [0.25, 0.3) is 11.4 Å². The van der Waals surface area contributed by atoms with Gasteiger partial charge in [0.05, 0.1) is 11.8 Å². The number of nitrogens with zero attached hydrogens (tertiary/aromatic N) is 3. The number of nitrogens with one attached hydrogen (secondary N) is 1. The van der Waals surface area contributed by atoms with Crippen molar-refractivity contribution in [3.8, 4) is 11.4 Å². The quantitative estimate of drug-likeness (QED) is 0.356. The summed E-state index contributed by atoms with van der Waals surface area (Å²) < 4.78 is 6.73. The lowest BCUT2D eigenvalue weighted by molar-refractivity contribution is -0.115. The summed E-state index contributed by atoms with van der Waals surface area (Å²) >= 11 is 1.24. The lowest BCUT2D eigenvalue weighted by Gasteiger charge is -2.16. The minimum atomic E-state index is -0.558. The van der Waals surface area contributed by atoms with Gasteiger partial charge < -0.3 is 15.6 Å². The van der Waals surface area contributed by atoms with Gasteiger partial charge in [-0.3, -0.25) is 4.79 Å². The monoisotopic (exact) mass is 419 g/mol. The molecule has 0 aliphatic rings. The van der Waals surface area contributed by atoms with Crippen molar-refractivity contribution in [3.05, 3.63) is 83.8 Å². The first-order chi connectivity index (χ1) is 14.5. The topological polar surface area (TPSA) is 99.0 Å². The standard InChI is InChI=1S/C22H21N5O2S/c1-14-8-10-17(11-9-14)24-21(28)19(16-6-4-3-5-7-16)30-22-26-25-20(27(22)23)18-12-13-29-15(18)2/h3-13,19H,23H2,1-2H3,(H,24,28). The van der Waals surface area contributed by atoms with Gasteiger partial charge in [-0.2, -0.15) is 0 Å². The number of aryl methyl sites for hydroxylation is 2. The number of anilines is 1. The van der Waals surface area contributed by atoms with Gasteiger partial charge in [0, 0.05) is 5.69 Å². The van der Waals surface area contributed by atoms with Crippen LogP contribution in [0.2, 0.25) is 0 Å². The molecule has 0 radical (unpaired) electrons. The number of carbonyl (C=O) groups is 1. The number of hydrogen-bond donors (Lipinski definition) is 2. The van der Waals surface area contributed by atoms with Crippen LogP contribution < -0.4 is 11.2 Å². The summed E-state index contributed by atoms with van der Waals surface area (Å²) in [5.41, 5.74) is 3.46. The molecule has 0 saturated heterocycles. The van der Waals surface area contributed by atoms with Crippen LogP contribution in [0, 0.1) is 13.8 Å². The van der Waals surface area contributed by atoms with Crippen molar-refractivity contribution in [2.45, 2.75) is 24.3 Å². The van der Waals surface area contributed by atoms with Crippen LogP contribution >= 0.6 is 11.8 Å². The van der Waals surface area contributed by atoms with E-state index in [4.69, 9.17) is 10.3 Å². The van der Waals surface area contributed by atoms with Gasteiger partial charge in [0.25, 0.3) is 0 Å². The summed E-state index contributed by atoms with van der Waals surface area (Å²) in [6.07, 6.45) is 1.58. The second kappa shape index (κ2) is 8.46. The number of rotatable bonds is 6. The molecular weight excluding hydrogens is 398 g/mol. The molecule has 0 bridgehead atoms. The van der Waals surface area contributed by atoms with Gasteiger partial charge in [-0.15, -0.1) is 10.2 Å². The van der Waals surface area contributed by atoms with Crippen LogP contribution in [-0.4, -0.2) is 20.8 Å². The van der Waals surface area contributed by atoms with E-state index in [0.717, 1.165) is 22.4 Å². The molecule has 4 aromatic rings. The molecule has 0 fully saturated rings. The molecule has 4 rings (SSSR count). The van der Waals surface area contributed by atoms with E-state index in [1.54, 1.807) is 12.3 Å². The Morgan fingerprint density at radius 2 is 1.80 bits per heavy atom. The van der Waals surface area contributed by atoms with Gasteiger partial charge in [0.15, 0.2) is 5.82 Å². The maximum absolute atomic E-state index is 13.2. The molecule has 1 atom stereocenters. The molecule has 2 heterocycles. The largest absolute Gasteiger partial charge is 0.469 e. The first-order valence-corrected chi connectivity index (χ1v) is 10.2. The number of furan rings is 1. The zero-order valence-corrected chi connectivity index (χ0v) is 17.4. The fraction of sp³-hybridized carbons (Fsp3) is 0.136. The second-order valence-corrected chi connectivity index (χ2v) is 7.90. The van der Waals surface area contributed by atoms with Crippen molar-refractivity contribution in [1.29, 1.82) is 0 Å². The Balaban J connectivity index is 1.63. The molecule has 7 nitrogen and oxygen atoms in total. The molecule has 30 heavy (non-hydrogen) atoms. The van der Waals surface area contributed by atoms with Crippen LogP contribution in [-0.2, 0) is 4.79 Å². The Labute approximate surface area is 178 Å². The Morgan fingerprint density at radius 3 is 2.47 bits per heavy atom. The number of benzene rings is 2. The van der Waals surface area contributed by atoms with Crippen LogP contribution in [0.5, 0.6) is 0 Å². The highest BCUT2D eigenvalue weighted by molar-refractivity contribution is 8.00. The van der Waals surface area contributed by atoms with E-state index < -0.39 is 5.25 Å². The van der Waals surface area contributed by atoms with Crippen LogP contribution in [0.4, 0.5) is 5.69 Å². The molecule has 2 aromatic heterocycles. The second-order valence-electron chi connectivity index (χ2n) is 6.83. The van der Waals surface area contributed by atoms with Crippen molar-refractivity contribution in [2.24, 2.45) is 0 Å². The van der Waals surface area contributed by atoms with E-state index in [9.17, 15) is 4.79 Å². The lowest BCUT2D eigenvalue weighted by atomic mass is 10.1. The number of aromatic nitrogens is 3. The fourth-order valence-corrected chi connectivity index (χ4v) is 3.97. The molecule has 1 unspecified atom stereocenters. The third-order valence-corrected chi connectivity index (χ3v) is 5.86. The zero-order chi connectivity index (χ0) is 21.1. The van der Waals surface area contributed by atoms with Gasteiger partial charge in [-0.05, 0) is 37.6 Å². The van der Waals surface area contributed by atoms with E-state index in [2.05, 4.69) is 15.5 Å². The average molecular weight is 420 g/mol. The van der Waals surface area contributed by atoms with Crippen molar-refractivity contribution in [1.82, 2.24) is 14.9 Å². The molecule has 0 aliphatic heterocycles. The smallest absolute Gasteiger partial charge is 0.242 e. The molecule has 1 amide bonds. The van der Waals surface area contributed by atoms with Crippen molar-refractivity contribution >= 4 is 23.4 Å². The highest BCUT2D eigenvalue weighted by atomic mass is 32.2. The van der Waals surface area contributed by atoms with Gasteiger partial charge in [0.1, 0.15) is 11.0 Å². The van der Waals surface area contributed by atoms with Crippen molar-refractivity contribution in [2.75, 3.05) is 11.2 Å². The molecular formula is C22H21N5O2S. The minimum Gasteiger partial charge on any atom is -0.469 e. The van der Waals surface area contributed by atoms with E-state index in [-0.39, 0.29) is 5.91 Å². The number of thioether (sulfide) groups is 1. The highest BCUT2D eigenvalue weighted by Gasteiger charge is 2.26. The first kappa shape index (κ1) is 19.8. The summed E-state index contributed by atoms with van der Waals surface area (Å²) in [7, 11) is 0. The van der Waals surface area contributed by atoms with Crippen molar-refractivity contribution < 1.29 is 9.21 Å². The molecule has 0 saturated carbocycles. The van der Waals surface area contributed by atoms with E-state index in [1.165, 1.54) is 16.4 Å². The van der Waals surface area contributed by atoms with E-state index in [1.807, 2.05) is 68.4 Å². The normalized spacial score (nSPS) is 11.9. The Bertz CT molecular complexity index is 1150. The Morgan fingerprint density at radius 1 is 1.07 bits per heavy atom. The highest BCUT2D eigenvalue weighted by Crippen LogP contribution is 2.36. The number of carbonyl (C=O) groups excluding carboxylic acids is 1. The summed E-state index contributed by atoms with van der Waals surface area (Å²) in [4.78, 5) is 13.2. The maximum atomic E-state index is 13.2.